The van der Waals surface area contributed by atoms with E-state index in [4.69, 9.17) is 0 Å². The number of aryl methyl sites for hydroxylation is 1. The van der Waals surface area contributed by atoms with Crippen LogP contribution in [0.15, 0.2) is 28.9 Å². The van der Waals surface area contributed by atoms with E-state index < -0.39 is 0 Å². The standard InChI is InChI=1S/C10H8BrFN2/c1-6-5-13-10(14-6)8-3-2-7(12)4-9(8)11/h2-5H,1H3,(H,13,14). The number of H-pyrrole nitrogens is 1. The first-order valence-corrected chi connectivity index (χ1v) is 4.93. The largest absolute Gasteiger partial charge is 0.342 e. The highest BCUT2D eigenvalue weighted by Gasteiger charge is 2.06. The van der Waals surface area contributed by atoms with Gasteiger partial charge in [-0.05, 0) is 41.1 Å². The topological polar surface area (TPSA) is 28.7 Å². The van der Waals surface area contributed by atoms with Gasteiger partial charge in [-0.15, -0.1) is 0 Å². The fourth-order valence-corrected chi connectivity index (χ4v) is 1.77. The summed E-state index contributed by atoms with van der Waals surface area (Å²) in [5.41, 5.74) is 1.84. The monoisotopic (exact) mass is 254 g/mol. The molecule has 0 amide bonds. The number of aromatic nitrogens is 2. The summed E-state index contributed by atoms with van der Waals surface area (Å²) in [5.74, 6) is 0.485. The zero-order valence-corrected chi connectivity index (χ0v) is 9.10. The van der Waals surface area contributed by atoms with Gasteiger partial charge in [0.1, 0.15) is 11.6 Å². The highest BCUT2D eigenvalue weighted by Crippen LogP contribution is 2.26. The van der Waals surface area contributed by atoms with Crippen molar-refractivity contribution in [3.8, 4) is 11.4 Å². The van der Waals surface area contributed by atoms with Crippen molar-refractivity contribution < 1.29 is 4.39 Å². The van der Waals surface area contributed by atoms with Crippen LogP contribution in [0.2, 0.25) is 0 Å². The molecule has 0 aliphatic rings. The Morgan fingerprint density at radius 2 is 2.21 bits per heavy atom. The summed E-state index contributed by atoms with van der Waals surface area (Å²) in [6.45, 7) is 1.92. The van der Waals surface area contributed by atoms with Gasteiger partial charge in [0, 0.05) is 21.9 Å². The molecule has 0 saturated carbocycles. The van der Waals surface area contributed by atoms with Crippen molar-refractivity contribution in [3.05, 3.63) is 40.4 Å². The van der Waals surface area contributed by atoms with E-state index in [1.807, 2.05) is 6.92 Å². The predicted octanol–water partition coefficient (Wildman–Crippen LogP) is 3.29. The molecule has 2 nitrogen and oxygen atoms in total. The highest BCUT2D eigenvalue weighted by molar-refractivity contribution is 9.10. The minimum Gasteiger partial charge on any atom is -0.342 e. The molecule has 14 heavy (non-hydrogen) atoms. The molecule has 2 aromatic rings. The van der Waals surface area contributed by atoms with Crippen molar-refractivity contribution in [2.24, 2.45) is 0 Å². The first-order chi connectivity index (χ1) is 6.66. The van der Waals surface area contributed by atoms with Gasteiger partial charge < -0.3 is 4.98 Å². The average Bonchev–Trinajstić information content (AvgIpc) is 2.51. The molecule has 0 aliphatic heterocycles. The maximum Gasteiger partial charge on any atom is 0.138 e. The highest BCUT2D eigenvalue weighted by atomic mass is 79.9. The molecule has 1 aromatic carbocycles. The number of nitrogens with one attached hydrogen (secondary N) is 1. The molecule has 0 unspecified atom stereocenters. The molecule has 0 fully saturated rings. The number of rotatable bonds is 1. The first-order valence-electron chi connectivity index (χ1n) is 4.14. The summed E-state index contributed by atoms with van der Waals surface area (Å²) in [4.78, 5) is 7.26. The fraction of sp³-hybridized carbons (Fsp3) is 0.100. The number of benzene rings is 1. The minimum atomic E-state index is -0.260. The van der Waals surface area contributed by atoms with Crippen LogP contribution in [0, 0.1) is 12.7 Å². The number of aromatic amines is 1. The van der Waals surface area contributed by atoms with Gasteiger partial charge in [-0.3, -0.25) is 0 Å². The van der Waals surface area contributed by atoms with Gasteiger partial charge in [0.15, 0.2) is 0 Å². The maximum atomic E-state index is 12.8. The molecule has 2 rings (SSSR count). The second-order valence-electron chi connectivity index (χ2n) is 3.04. The van der Waals surface area contributed by atoms with Gasteiger partial charge in [0.25, 0.3) is 0 Å². The van der Waals surface area contributed by atoms with Gasteiger partial charge in [-0.25, -0.2) is 9.37 Å². The Morgan fingerprint density at radius 3 is 2.79 bits per heavy atom. The molecular weight excluding hydrogens is 247 g/mol. The van der Waals surface area contributed by atoms with Crippen molar-refractivity contribution in [1.82, 2.24) is 9.97 Å². The van der Waals surface area contributed by atoms with E-state index in [0.29, 0.717) is 4.47 Å². The third-order valence-electron chi connectivity index (χ3n) is 1.89. The van der Waals surface area contributed by atoms with Crippen molar-refractivity contribution in [3.63, 3.8) is 0 Å². The molecule has 0 aliphatic carbocycles. The van der Waals surface area contributed by atoms with Gasteiger partial charge in [0.2, 0.25) is 0 Å². The van der Waals surface area contributed by atoms with Crippen LogP contribution in [0.1, 0.15) is 5.69 Å². The van der Waals surface area contributed by atoms with Crippen LogP contribution in [0.3, 0.4) is 0 Å². The van der Waals surface area contributed by atoms with Crippen molar-refractivity contribution in [1.29, 1.82) is 0 Å². The summed E-state index contributed by atoms with van der Waals surface area (Å²) < 4.78 is 13.5. The third kappa shape index (κ3) is 1.70. The Labute approximate surface area is 89.3 Å². The second kappa shape index (κ2) is 3.53. The normalized spacial score (nSPS) is 10.5. The zero-order valence-electron chi connectivity index (χ0n) is 7.51. The lowest BCUT2D eigenvalue weighted by atomic mass is 10.2. The molecule has 1 heterocycles. The summed E-state index contributed by atoms with van der Waals surface area (Å²) >= 11 is 3.29. The van der Waals surface area contributed by atoms with E-state index in [1.165, 1.54) is 12.1 Å². The number of hydrogen-bond donors (Lipinski definition) is 1. The van der Waals surface area contributed by atoms with Gasteiger partial charge in [-0.2, -0.15) is 0 Å². The van der Waals surface area contributed by atoms with E-state index >= 15 is 0 Å². The van der Waals surface area contributed by atoms with E-state index in [2.05, 4.69) is 25.9 Å². The summed E-state index contributed by atoms with van der Waals surface area (Å²) in [6, 6.07) is 4.53. The molecule has 0 atom stereocenters. The van der Waals surface area contributed by atoms with E-state index in [9.17, 15) is 4.39 Å². The van der Waals surface area contributed by atoms with Crippen molar-refractivity contribution in [2.75, 3.05) is 0 Å². The van der Waals surface area contributed by atoms with Gasteiger partial charge >= 0.3 is 0 Å². The van der Waals surface area contributed by atoms with Crippen LogP contribution in [0.25, 0.3) is 11.4 Å². The van der Waals surface area contributed by atoms with Crippen LogP contribution in [-0.2, 0) is 0 Å². The predicted molar refractivity (Wildman–Crippen MR) is 56.4 cm³/mol. The molecular formula is C10H8BrFN2. The van der Waals surface area contributed by atoms with Crippen molar-refractivity contribution in [2.45, 2.75) is 6.92 Å². The Kier molecular flexibility index (Phi) is 2.37. The Balaban J connectivity index is 2.52. The third-order valence-corrected chi connectivity index (χ3v) is 2.55. The molecule has 1 N–H and O–H groups in total. The lowest BCUT2D eigenvalue weighted by Crippen LogP contribution is -1.84. The number of imidazole rings is 1. The SMILES string of the molecule is Cc1cnc(-c2ccc(F)cc2Br)[nH]1. The van der Waals surface area contributed by atoms with Crippen LogP contribution >= 0.6 is 15.9 Å². The smallest absolute Gasteiger partial charge is 0.138 e. The van der Waals surface area contributed by atoms with E-state index in [-0.39, 0.29) is 5.82 Å². The Morgan fingerprint density at radius 1 is 1.43 bits per heavy atom. The molecule has 0 radical (unpaired) electrons. The molecule has 72 valence electrons. The number of halogens is 2. The number of nitrogens with zero attached hydrogens (tertiary/aromatic N) is 1. The van der Waals surface area contributed by atoms with E-state index in [1.54, 1.807) is 12.3 Å². The molecule has 1 aromatic heterocycles. The summed E-state index contributed by atoms with van der Waals surface area (Å²) in [7, 11) is 0. The van der Waals surface area contributed by atoms with E-state index in [0.717, 1.165) is 17.1 Å². The quantitative estimate of drug-likeness (QED) is 0.832. The Hall–Kier alpha value is -1.16. The lowest BCUT2D eigenvalue weighted by Gasteiger charge is -2.00. The molecule has 4 heteroatoms. The van der Waals surface area contributed by atoms with Crippen LogP contribution in [0.5, 0.6) is 0 Å². The average molecular weight is 255 g/mol. The lowest BCUT2D eigenvalue weighted by molar-refractivity contribution is 0.627. The Bertz CT molecular complexity index is 465. The van der Waals surface area contributed by atoms with Crippen LogP contribution in [0.4, 0.5) is 4.39 Å². The first kappa shape index (κ1) is 9.40. The number of hydrogen-bond acceptors (Lipinski definition) is 1. The van der Waals surface area contributed by atoms with Crippen LogP contribution < -0.4 is 0 Å². The summed E-state index contributed by atoms with van der Waals surface area (Å²) in [5, 5.41) is 0. The van der Waals surface area contributed by atoms with Gasteiger partial charge in [-0.1, -0.05) is 0 Å². The zero-order chi connectivity index (χ0) is 10.1. The molecule has 0 saturated heterocycles. The van der Waals surface area contributed by atoms with Crippen molar-refractivity contribution >= 4 is 15.9 Å². The molecule has 0 bridgehead atoms. The fourth-order valence-electron chi connectivity index (χ4n) is 1.23. The van der Waals surface area contributed by atoms with Gasteiger partial charge in [0.05, 0.1) is 0 Å². The second-order valence-corrected chi connectivity index (χ2v) is 3.89. The maximum absolute atomic E-state index is 12.8. The minimum absolute atomic E-state index is 0.260. The molecule has 0 spiro atoms. The van der Waals surface area contributed by atoms with Crippen LogP contribution in [-0.4, -0.2) is 9.97 Å². The summed E-state index contributed by atoms with van der Waals surface area (Å²) in [6.07, 6.45) is 1.74.